The van der Waals surface area contributed by atoms with Crippen LogP contribution in [-0.2, 0) is 10.3 Å². The summed E-state index contributed by atoms with van der Waals surface area (Å²) < 4.78 is 150. The van der Waals surface area contributed by atoms with Gasteiger partial charge in [-0.2, -0.15) is 48.3 Å². The van der Waals surface area contributed by atoms with Gasteiger partial charge in [-0.15, -0.1) is 0 Å². The maximum Gasteiger partial charge on any atom is 0.460 e. The number of carbonyl (C=O) groups excluding carboxylic acids is 1. The average molecular weight is 460 g/mol. The van der Waals surface area contributed by atoms with Crippen LogP contribution in [0.1, 0.15) is 36.2 Å². The lowest BCUT2D eigenvalue weighted by Crippen LogP contribution is -2.67. The van der Waals surface area contributed by atoms with Crippen LogP contribution in [0.4, 0.5) is 48.3 Å². The first-order valence-electron chi connectivity index (χ1n) is 7.92. The van der Waals surface area contributed by atoms with Crippen LogP contribution < -0.4 is 0 Å². The summed E-state index contributed by atoms with van der Waals surface area (Å²) in [6, 6.07) is 4.04. The maximum atomic E-state index is 14.1. The zero-order valence-electron chi connectivity index (χ0n) is 15.5. The third-order valence-electron chi connectivity index (χ3n) is 4.52. The highest BCUT2D eigenvalue weighted by Crippen LogP contribution is 2.59. The molecule has 0 fully saturated rings. The summed E-state index contributed by atoms with van der Waals surface area (Å²) in [4.78, 5) is 11.2. The molecule has 0 aliphatic heterocycles. The maximum absolute atomic E-state index is 14.1. The van der Waals surface area contributed by atoms with Crippen molar-refractivity contribution in [1.29, 1.82) is 0 Å². The highest BCUT2D eigenvalue weighted by molar-refractivity contribution is 5.94. The van der Waals surface area contributed by atoms with Crippen molar-refractivity contribution in [1.82, 2.24) is 0 Å². The van der Waals surface area contributed by atoms with Crippen molar-refractivity contribution in [3.63, 3.8) is 0 Å². The third-order valence-corrected chi connectivity index (χ3v) is 4.52. The summed E-state index contributed by atoms with van der Waals surface area (Å²) in [5, 5.41) is 0. The van der Waals surface area contributed by atoms with Gasteiger partial charge in [0.1, 0.15) is 0 Å². The molecule has 0 spiro atoms. The summed E-state index contributed by atoms with van der Waals surface area (Å²) in [5.41, 5.74) is -2.81. The van der Waals surface area contributed by atoms with Crippen LogP contribution in [0.5, 0.6) is 0 Å². The van der Waals surface area contributed by atoms with E-state index in [1.54, 1.807) is 0 Å². The summed E-state index contributed by atoms with van der Waals surface area (Å²) in [6.45, 7) is 1.85. The number of alkyl halides is 11. The molecule has 0 aliphatic carbocycles. The molecular formula is C17H15F11O2. The van der Waals surface area contributed by atoms with E-state index in [9.17, 15) is 53.1 Å². The van der Waals surface area contributed by atoms with Crippen LogP contribution in [0.3, 0.4) is 0 Å². The van der Waals surface area contributed by atoms with Crippen LogP contribution in [0.2, 0.25) is 0 Å². The standard InChI is InChI=1S/C17H15F11O2/c1-9(29)10-4-6-11(7-5-10)12(2,30-3)8-13(18,19)14(20,21)15(22,23)16(24,25)17(26,27)28/h4-7H,8H2,1-3H3. The fraction of sp³-hybridized carbons (Fsp3) is 0.588. The Balaban J connectivity index is 3.41. The Hall–Kier alpha value is -1.92. The number of hydrogen-bond donors (Lipinski definition) is 0. The molecule has 0 heterocycles. The van der Waals surface area contributed by atoms with E-state index in [0.29, 0.717) is 14.0 Å². The number of rotatable bonds is 8. The van der Waals surface area contributed by atoms with Gasteiger partial charge in [0.15, 0.2) is 5.78 Å². The molecule has 0 saturated heterocycles. The van der Waals surface area contributed by atoms with Crippen molar-refractivity contribution in [3.05, 3.63) is 35.4 Å². The molecule has 30 heavy (non-hydrogen) atoms. The first kappa shape index (κ1) is 26.1. The molecule has 2 nitrogen and oxygen atoms in total. The molecule has 13 heteroatoms. The summed E-state index contributed by atoms with van der Waals surface area (Å²) in [7, 11) is 0.704. The minimum atomic E-state index is -7.48. The first-order chi connectivity index (χ1) is 13.2. The number of ether oxygens (including phenoxy) is 1. The highest BCUT2D eigenvalue weighted by Gasteiger charge is 2.87. The minimum Gasteiger partial charge on any atom is -0.374 e. The third kappa shape index (κ3) is 4.12. The van der Waals surface area contributed by atoms with Crippen molar-refractivity contribution in [2.75, 3.05) is 7.11 Å². The fourth-order valence-electron chi connectivity index (χ4n) is 2.49. The molecule has 0 N–H and O–H groups in total. The Morgan fingerprint density at radius 1 is 0.800 bits per heavy atom. The molecule has 1 atom stereocenters. The SMILES string of the molecule is COC(C)(CC(F)(F)C(F)(F)C(F)(F)C(F)(F)C(F)(F)F)c1ccc(C(C)=O)cc1. The topological polar surface area (TPSA) is 26.3 Å². The van der Waals surface area contributed by atoms with Crippen LogP contribution in [0, 0.1) is 0 Å². The predicted molar refractivity (Wildman–Crippen MR) is 81.3 cm³/mol. The lowest BCUT2D eigenvalue weighted by atomic mass is 9.84. The van der Waals surface area contributed by atoms with Crippen molar-refractivity contribution in [2.45, 2.75) is 55.7 Å². The number of ketones is 1. The lowest BCUT2D eigenvalue weighted by molar-refractivity contribution is -0.424. The Morgan fingerprint density at radius 3 is 1.57 bits per heavy atom. The number of methoxy groups -OCH3 is 1. The lowest BCUT2D eigenvalue weighted by Gasteiger charge is -2.40. The number of halogens is 11. The van der Waals surface area contributed by atoms with E-state index in [1.165, 1.54) is 0 Å². The van der Waals surface area contributed by atoms with Crippen LogP contribution in [-0.4, -0.2) is 42.8 Å². The van der Waals surface area contributed by atoms with Gasteiger partial charge in [0.25, 0.3) is 0 Å². The number of benzene rings is 1. The van der Waals surface area contributed by atoms with Crippen LogP contribution >= 0.6 is 0 Å². The zero-order chi connectivity index (χ0) is 24.0. The smallest absolute Gasteiger partial charge is 0.374 e. The van der Waals surface area contributed by atoms with E-state index in [2.05, 4.69) is 4.74 Å². The molecule has 0 bridgehead atoms. The quantitative estimate of drug-likeness (QED) is 0.339. The molecule has 1 aromatic rings. The summed E-state index contributed by atoms with van der Waals surface area (Å²) in [5.74, 6) is -28.6. The molecule has 1 aromatic carbocycles. The number of Topliss-reactive ketones (excluding diaryl/α,β-unsaturated/α-hetero) is 1. The second-order valence-corrected chi connectivity index (χ2v) is 6.67. The molecule has 0 aromatic heterocycles. The van der Waals surface area contributed by atoms with E-state index in [-0.39, 0.29) is 11.1 Å². The van der Waals surface area contributed by atoms with Gasteiger partial charge in [0.2, 0.25) is 0 Å². The molecule has 0 radical (unpaired) electrons. The van der Waals surface area contributed by atoms with Crippen molar-refractivity contribution in [2.24, 2.45) is 0 Å². The van der Waals surface area contributed by atoms with Gasteiger partial charge in [0, 0.05) is 12.7 Å². The van der Waals surface area contributed by atoms with E-state index < -0.39 is 47.7 Å². The van der Waals surface area contributed by atoms with Gasteiger partial charge in [-0.05, 0) is 19.4 Å². The largest absolute Gasteiger partial charge is 0.460 e. The summed E-state index contributed by atoms with van der Waals surface area (Å²) in [6.07, 6.45) is -9.60. The fourth-order valence-corrected chi connectivity index (χ4v) is 2.49. The van der Waals surface area contributed by atoms with Crippen LogP contribution in [0.25, 0.3) is 0 Å². The van der Waals surface area contributed by atoms with E-state index in [1.807, 2.05) is 0 Å². The molecule has 0 saturated carbocycles. The van der Waals surface area contributed by atoms with Gasteiger partial charge in [-0.1, -0.05) is 24.3 Å². The van der Waals surface area contributed by atoms with E-state index in [4.69, 9.17) is 0 Å². The Labute approximate surface area is 163 Å². The second kappa shape index (κ2) is 7.65. The zero-order valence-corrected chi connectivity index (χ0v) is 15.5. The molecular weight excluding hydrogens is 445 g/mol. The molecule has 172 valence electrons. The van der Waals surface area contributed by atoms with E-state index in [0.717, 1.165) is 31.2 Å². The molecule has 0 amide bonds. The Morgan fingerprint density at radius 2 is 1.23 bits per heavy atom. The second-order valence-electron chi connectivity index (χ2n) is 6.67. The van der Waals surface area contributed by atoms with Gasteiger partial charge >= 0.3 is 29.9 Å². The van der Waals surface area contributed by atoms with Crippen molar-refractivity contribution >= 4 is 5.78 Å². The van der Waals surface area contributed by atoms with Gasteiger partial charge in [0.05, 0.1) is 12.0 Å². The number of carbonyl (C=O) groups is 1. The molecule has 0 aliphatic rings. The number of hydrogen-bond acceptors (Lipinski definition) is 2. The molecule has 1 unspecified atom stereocenters. The highest BCUT2D eigenvalue weighted by atomic mass is 19.4. The molecule has 1 rings (SSSR count). The normalized spacial score (nSPS) is 16.3. The van der Waals surface area contributed by atoms with Gasteiger partial charge in [-0.25, -0.2) is 0 Å². The van der Waals surface area contributed by atoms with Crippen molar-refractivity contribution < 1.29 is 57.8 Å². The van der Waals surface area contributed by atoms with Crippen molar-refractivity contribution in [3.8, 4) is 0 Å². The predicted octanol–water partition coefficient (Wildman–Crippen LogP) is 6.24. The Kier molecular flexibility index (Phi) is 6.66. The summed E-state index contributed by atoms with van der Waals surface area (Å²) >= 11 is 0. The average Bonchev–Trinajstić information content (AvgIpc) is 2.59. The Bertz CT molecular complexity index is 769. The van der Waals surface area contributed by atoms with Gasteiger partial charge in [-0.3, -0.25) is 4.79 Å². The van der Waals surface area contributed by atoms with E-state index >= 15 is 0 Å². The monoisotopic (exact) mass is 460 g/mol. The minimum absolute atomic E-state index is 0.0608. The van der Waals surface area contributed by atoms with Gasteiger partial charge < -0.3 is 4.74 Å². The first-order valence-corrected chi connectivity index (χ1v) is 7.92. The van der Waals surface area contributed by atoms with Crippen LogP contribution in [0.15, 0.2) is 24.3 Å².